The van der Waals surface area contributed by atoms with E-state index in [-0.39, 0.29) is 52.8 Å². The molecule has 0 N–H and O–H groups in total. The summed E-state index contributed by atoms with van der Waals surface area (Å²) in [6, 6.07) is 0. The molecule has 0 aromatic heterocycles. The number of thiol groups is 1. The zero-order chi connectivity index (χ0) is 6.57. The van der Waals surface area contributed by atoms with Crippen molar-refractivity contribution >= 4 is 29.2 Å². The third-order valence-electron chi connectivity index (χ3n) is 0.540. The van der Waals surface area contributed by atoms with E-state index in [9.17, 15) is 0 Å². The van der Waals surface area contributed by atoms with Crippen molar-refractivity contribution in [2.75, 3.05) is 6.61 Å². The summed E-state index contributed by atoms with van der Waals surface area (Å²) in [6.07, 6.45) is 0. The maximum absolute atomic E-state index is 4.90. The van der Waals surface area contributed by atoms with E-state index in [1.165, 1.54) is 0 Å². The van der Waals surface area contributed by atoms with Crippen LogP contribution in [0.3, 0.4) is 0 Å². The minimum absolute atomic E-state index is 0. The minimum atomic E-state index is 0. The molecule has 0 atom stereocenters. The average molecular weight is 190 g/mol. The maximum Gasteiger partial charge on any atom is 1.00 e. The van der Waals surface area contributed by atoms with Gasteiger partial charge in [-0.3, -0.25) is 0 Å². The SMILES string of the molecule is CC(C)COC(=S)S.[H-].[K+]. The molecular formula is C5H11KOS2. The average Bonchev–Trinajstić information content (AvgIpc) is 1.61. The molecule has 0 aromatic rings. The van der Waals surface area contributed by atoms with Crippen LogP contribution in [-0.4, -0.2) is 11.0 Å². The molecule has 0 saturated heterocycles. The third kappa shape index (κ3) is 13.0. The Balaban J connectivity index is -0.000000245. The summed E-state index contributed by atoms with van der Waals surface area (Å²) in [6.45, 7) is 4.79. The Kier molecular flexibility index (Phi) is 11.9. The summed E-state index contributed by atoms with van der Waals surface area (Å²) in [5.41, 5.74) is 0. The van der Waals surface area contributed by atoms with Gasteiger partial charge in [0.2, 0.25) is 4.38 Å². The van der Waals surface area contributed by atoms with E-state index in [0.717, 1.165) is 0 Å². The summed E-state index contributed by atoms with van der Waals surface area (Å²) in [4.78, 5) is 0. The van der Waals surface area contributed by atoms with Gasteiger partial charge in [-0.25, -0.2) is 0 Å². The van der Waals surface area contributed by atoms with Gasteiger partial charge >= 0.3 is 51.4 Å². The van der Waals surface area contributed by atoms with Gasteiger partial charge in [0.1, 0.15) is 0 Å². The molecule has 0 rings (SSSR count). The molecule has 0 aromatic carbocycles. The van der Waals surface area contributed by atoms with Gasteiger partial charge in [0.15, 0.2) is 0 Å². The summed E-state index contributed by atoms with van der Waals surface area (Å²) >= 11 is 8.34. The largest absolute Gasteiger partial charge is 1.00 e. The van der Waals surface area contributed by atoms with Crippen LogP contribution in [0.5, 0.6) is 0 Å². The Morgan fingerprint density at radius 2 is 2.22 bits per heavy atom. The Labute approximate surface area is 111 Å². The smallest absolute Gasteiger partial charge is 1.00 e. The molecule has 0 saturated carbocycles. The Hall–Kier alpha value is 1.88. The van der Waals surface area contributed by atoms with Crippen molar-refractivity contribution in [1.82, 2.24) is 0 Å². The van der Waals surface area contributed by atoms with Crippen LogP contribution in [0.25, 0.3) is 0 Å². The van der Waals surface area contributed by atoms with Crippen LogP contribution in [0.15, 0.2) is 0 Å². The molecule has 0 aliphatic rings. The van der Waals surface area contributed by atoms with E-state index in [0.29, 0.717) is 16.9 Å². The predicted molar refractivity (Wildman–Crippen MR) is 43.5 cm³/mol. The van der Waals surface area contributed by atoms with E-state index < -0.39 is 0 Å². The number of thiocarbonyl (C=S) groups is 1. The number of hydrogen-bond acceptors (Lipinski definition) is 2. The van der Waals surface area contributed by atoms with Crippen LogP contribution < -0.4 is 51.4 Å². The molecule has 0 heterocycles. The monoisotopic (exact) mass is 190 g/mol. The molecule has 0 bridgehead atoms. The number of ether oxygens (including phenoxy) is 1. The molecule has 0 fully saturated rings. The van der Waals surface area contributed by atoms with Gasteiger partial charge in [0.25, 0.3) is 0 Å². The molecule has 50 valence electrons. The predicted octanol–water partition coefficient (Wildman–Crippen LogP) is -1.01. The van der Waals surface area contributed by atoms with E-state index in [1.807, 2.05) is 0 Å². The molecule has 1 nitrogen and oxygen atoms in total. The second kappa shape index (κ2) is 7.98. The quantitative estimate of drug-likeness (QED) is 0.339. The minimum Gasteiger partial charge on any atom is -1.00 e. The molecule has 0 amide bonds. The van der Waals surface area contributed by atoms with Crippen LogP contribution in [0, 0.1) is 5.92 Å². The van der Waals surface area contributed by atoms with Crippen LogP contribution >= 0.6 is 24.8 Å². The number of hydrogen-bond donors (Lipinski definition) is 1. The first-order valence-electron chi connectivity index (χ1n) is 2.48. The topological polar surface area (TPSA) is 9.23 Å². The zero-order valence-electron chi connectivity index (χ0n) is 7.05. The fraction of sp³-hybridized carbons (Fsp3) is 0.800. The molecule has 4 heteroatoms. The van der Waals surface area contributed by atoms with Crippen molar-refractivity contribution in [3.8, 4) is 0 Å². The van der Waals surface area contributed by atoms with Crippen LogP contribution in [0.2, 0.25) is 0 Å². The zero-order valence-corrected chi connectivity index (χ0v) is 10.9. The van der Waals surface area contributed by atoms with Gasteiger partial charge in [0.05, 0.1) is 6.61 Å². The van der Waals surface area contributed by atoms with E-state index in [2.05, 4.69) is 38.7 Å². The Bertz CT molecular complexity index is 89.7. The standard InChI is InChI=1S/C5H10OS2.K.H/c1-4(2)3-6-5(7)8;;/h4H,3H2,1-2H3,(H,7,8);;/q;+1;-1. The first kappa shape index (κ1) is 13.5. The molecule has 0 radical (unpaired) electrons. The molecule has 0 spiro atoms. The van der Waals surface area contributed by atoms with Gasteiger partial charge in [-0.05, 0) is 18.1 Å². The fourth-order valence-electron chi connectivity index (χ4n) is 0.238. The van der Waals surface area contributed by atoms with Crippen molar-refractivity contribution in [3.05, 3.63) is 0 Å². The van der Waals surface area contributed by atoms with E-state index in [1.54, 1.807) is 0 Å². The fourth-order valence-corrected chi connectivity index (χ4v) is 0.381. The molecule has 0 unspecified atom stereocenters. The summed E-state index contributed by atoms with van der Waals surface area (Å²) in [5.74, 6) is 0.528. The Morgan fingerprint density at radius 3 is 2.33 bits per heavy atom. The molecule has 0 aliphatic carbocycles. The second-order valence-electron chi connectivity index (χ2n) is 1.97. The summed E-state index contributed by atoms with van der Waals surface area (Å²) in [7, 11) is 0. The Morgan fingerprint density at radius 1 is 1.78 bits per heavy atom. The number of rotatable bonds is 2. The molecule has 0 aliphatic heterocycles. The summed E-state index contributed by atoms with van der Waals surface area (Å²) < 4.78 is 5.23. The normalized spacial score (nSPS) is 8.44. The van der Waals surface area contributed by atoms with Gasteiger partial charge in [-0.15, -0.1) is 0 Å². The first-order chi connectivity index (χ1) is 3.63. The van der Waals surface area contributed by atoms with Crippen molar-refractivity contribution in [2.24, 2.45) is 5.92 Å². The van der Waals surface area contributed by atoms with Gasteiger partial charge < -0.3 is 6.16 Å². The van der Waals surface area contributed by atoms with Gasteiger partial charge in [0, 0.05) is 0 Å². The van der Waals surface area contributed by atoms with Crippen molar-refractivity contribution in [1.29, 1.82) is 0 Å². The first-order valence-corrected chi connectivity index (χ1v) is 3.34. The van der Waals surface area contributed by atoms with Crippen LogP contribution in [0.1, 0.15) is 15.3 Å². The maximum atomic E-state index is 4.90. The van der Waals surface area contributed by atoms with E-state index in [4.69, 9.17) is 4.74 Å². The van der Waals surface area contributed by atoms with Gasteiger partial charge in [-0.2, -0.15) is 0 Å². The van der Waals surface area contributed by atoms with Crippen molar-refractivity contribution in [2.45, 2.75) is 13.8 Å². The second-order valence-corrected chi connectivity index (χ2v) is 3.05. The van der Waals surface area contributed by atoms with E-state index >= 15 is 0 Å². The van der Waals surface area contributed by atoms with Crippen LogP contribution in [-0.2, 0) is 4.74 Å². The van der Waals surface area contributed by atoms with Crippen molar-refractivity contribution in [3.63, 3.8) is 0 Å². The molecule has 9 heavy (non-hydrogen) atoms. The van der Waals surface area contributed by atoms with Crippen molar-refractivity contribution < 1.29 is 57.5 Å². The third-order valence-corrected chi connectivity index (χ3v) is 0.787. The molecular weight excluding hydrogens is 179 g/mol. The van der Waals surface area contributed by atoms with Crippen LogP contribution in [0.4, 0.5) is 0 Å². The van der Waals surface area contributed by atoms with Gasteiger partial charge in [-0.1, -0.05) is 26.5 Å². The summed E-state index contributed by atoms with van der Waals surface area (Å²) in [5, 5.41) is 0.